The number of halogens is 3. The van der Waals surface area contributed by atoms with Crippen LogP contribution < -0.4 is 4.74 Å². The van der Waals surface area contributed by atoms with Crippen molar-refractivity contribution in [3.63, 3.8) is 0 Å². The molecule has 2 aromatic rings. The van der Waals surface area contributed by atoms with Crippen LogP contribution in [0.1, 0.15) is 5.56 Å². The van der Waals surface area contributed by atoms with E-state index in [-0.39, 0.29) is 6.10 Å². The van der Waals surface area contributed by atoms with Crippen LogP contribution in [-0.2, 0) is 15.3 Å². The van der Waals surface area contributed by atoms with Crippen LogP contribution in [0.3, 0.4) is 0 Å². The minimum absolute atomic E-state index is 0.181. The number of hydrogen-bond donors (Lipinski definition) is 0. The molecule has 0 aliphatic carbocycles. The largest absolute Gasteiger partial charge is 0.491 e. The summed E-state index contributed by atoms with van der Waals surface area (Å²) < 4.78 is 17.8. The van der Waals surface area contributed by atoms with Crippen molar-refractivity contribution in [2.75, 3.05) is 18.5 Å². The first-order valence-electron chi connectivity index (χ1n) is 7.14. The van der Waals surface area contributed by atoms with Gasteiger partial charge in [0.05, 0.1) is 17.0 Å². The molecule has 2 aromatic carbocycles. The Morgan fingerprint density at radius 1 is 1.17 bits per heavy atom. The highest BCUT2D eigenvalue weighted by molar-refractivity contribution is 9.09. The Morgan fingerprint density at radius 2 is 1.96 bits per heavy atom. The van der Waals surface area contributed by atoms with Gasteiger partial charge in [-0.05, 0) is 24.3 Å². The molecule has 1 saturated heterocycles. The Hall–Kier alpha value is -0.780. The van der Waals surface area contributed by atoms with Gasteiger partial charge < -0.3 is 14.2 Å². The predicted octanol–water partition coefficient (Wildman–Crippen LogP) is 5.04. The van der Waals surface area contributed by atoms with Crippen molar-refractivity contribution >= 4 is 39.1 Å². The van der Waals surface area contributed by atoms with Crippen molar-refractivity contribution in [1.29, 1.82) is 0 Å². The first-order valence-corrected chi connectivity index (χ1v) is 9.02. The number of para-hydroxylation sites is 1. The van der Waals surface area contributed by atoms with Crippen molar-refractivity contribution in [3.05, 3.63) is 64.1 Å². The summed E-state index contributed by atoms with van der Waals surface area (Å²) in [6, 6.07) is 14.9. The number of rotatable bonds is 5. The number of hydrogen-bond acceptors (Lipinski definition) is 3. The minimum atomic E-state index is -0.924. The van der Waals surface area contributed by atoms with Gasteiger partial charge in [0.2, 0.25) is 5.79 Å². The van der Waals surface area contributed by atoms with Gasteiger partial charge in [0, 0.05) is 10.6 Å². The molecule has 2 unspecified atom stereocenters. The van der Waals surface area contributed by atoms with Gasteiger partial charge in [-0.2, -0.15) is 0 Å². The van der Waals surface area contributed by atoms with Crippen LogP contribution in [0.15, 0.2) is 48.5 Å². The molecule has 0 aromatic heterocycles. The maximum Gasteiger partial charge on any atom is 0.206 e. The van der Waals surface area contributed by atoms with Gasteiger partial charge in [-0.15, -0.1) is 0 Å². The Kier molecular flexibility index (Phi) is 5.49. The molecule has 3 rings (SSSR count). The summed E-state index contributed by atoms with van der Waals surface area (Å²) in [5, 5.41) is 1.55. The van der Waals surface area contributed by atoms with E-state index in [1.54, 1.807) is 12.1 Å². The van der Waals surface area contributed by atoms with Gasteiger partial charge >= 0.3 is 0 Å². The van der Waals surface area contributed by atoms with Crippen molar-refractivity contribution in [2.45, 2.75) is 11.9 Å². The summed E-state index contributed by atoms with van der Waals surface area (Å²) in [5.74, 6) is -0.121. The monoisotopic (exact) mass is 416 g/mol. The van der Waals surface area contributed by atoms with E-state index in [9.17, 15) is 0 Å². The Bertz CT molecular complexity index is 668. The molecule has 0 radical (unpaired) electrons. The second-order valence-corrected chi connectivity index (χ2v) is 6.59. The van der Waals surface area contributed by atoms with Gasteiger partial charge in [0.25, 0.3) is 0 Å². The summed E-state index contributed by atoms with van der Waals surface area (Å²) in [7, 11) is 0. The molecule has 0 bridgehead atoms. The molecule has 1 aliphatic heterocycles. The summed E-state index contributed by atoms with van der Waals surface area (Å²) in [5.41, 5.74) is 0.752. The maximum atomic E-state index is 6.30. The lowest BCUT2D eigenvalue weighted by atomic mass is 10.1. The molecule has 2 atom stereocenters. The molecular formula is C17H15BrCl2O3. The molecule has 6 heteroatoms. The quantitative estimate of drug-likeness (QED) is 0.638. The average Bonchev–Trinajstić information content (AvgIpc) is 2.98. The summed E-state index contributed by atoms with van der Waals surface area (Å²) in [6.07, 6.45) is -0.181. The lowest BCUT2D eigenvalue weighted by molar-refractivity contribution is -0.159. The zero-order chi connectivity index (χ0) is 16.3. The highest BCUT2D eigenvalue weighted by Gasteiger charge is 2.44. The maximum absolute atomic E-state index is 6.30. The average molecular weight is 418 g/mol. The fraction of sp³-hybridized carbons (Fsp3) is 0.294. The first-order chi connectivity index (χ1) is 11.1. The van der Waals surface area contributed by atoms with Gasteiger partial charge in [-0.25, -0.2) is 0 Å². The van der Waals surface area contributed by atoms with Crippen molar-refractivity contribution in [3.8, 4) is 5.75 Å². The van der Waals surface area contributed by atoms with Crippen LogP contribution >= 0.6 is 39.1 Å². The van der Waals surface area contributed by atoms with Crippen LogP contribution in [0.25, 0.3) is 0 Å². The molecule has 0 spiro atoms. The SMILES string of the molecule is Clc1ccc(C2(CBr)OCC(COc3ccccc3)O2)c(Cl)c1. The third-order valence-electron chi connectivity index (χ3n) is 3.56. The molecule has 3 nitrogen and oxygen atoms in total. The molecule has 1 fully saturated rings. The van der Waals surface area contributed by atoms with Crippen LogP contribution in [0.2, 0.25) is 10.0 Å². The third-order valence-corrected chi connectivity index (χ3v) is 4.84. The van der Waals surface area contributed by atoms with Crippen LogP contribution in [0.4, 0.5) is 0 Å². The molecule has 0 saturated carbocycles. The van der Waals surface area contributed by atoms with Gasteiger partial charge in [-0.3, -0.25) is 0 Å². The summed E-state index contributed by atoms with van der Waals surface area (Å²) in [6.45, 7) is 0.835. The lowest BCUT2D eigenvalue weighted by Gasteiger charge is -2.27. The third kappa shape index (κ3) is 3.83. The van der Waals surface area contributed by atoms with E-state index in [2.05, 4.69) is 15.9 Å². The number of benzene rings is 2. The topological polar surface area (TPSA) is 27.7 Å². The number of ether oxygens (including phenoxy) is 3. The van der Waals surface area contributed by atoms with Crippen LogP contribution in [-0.4, -0.2) is 24.6 Å². The highest BCUT2D eigenvalue weighted by Crippen LogP contribution is 2.40. The molecule has 0 N–H and O–H groups in total. The van der Waals surface area contributed by atoms with E-state index in [0.717, 1.165) is 11.3 Å². The minimum Gasteiger partial charge on any atom is -0.491 e. The molecule has 0 amide bonds. The van der Waals surface area contributed by atoms with Gasteiger partial charge in [0.1, 0.15) is 18.5 Å². The highest BCUT2D eigenvalue weighted by atomic mass is 79.9. The van der Waals surface area contributed by atoms with Gasteiger partial charge in [-0.1, -0.05) is 63.4 Å². The van der Waals surface area contributed by atoms with E-state index in [4.69, 9.17) is 37.4 Å². The first kappa shape index (κ1) is 17.1. The molecule has 1 heterocycles. The fourth-order valence-electron chi connectivity index (χ4n) is 2.43. The van der Waals surface area contributed by atoms with E-state index in [1.807, 2.05) is 36.4 Å². The Balaban J connectivity index is 1.70. The van der Waals surface area contributed by atoms with Crippen molar-refractivity contribution < 1.29 is 14.2 Å². The molecule has 23 heavy (non-hydrogen) atoms. The van der Waals surface area contributed by atoms with E-state index in [1.165, 1.54) is 0 Å². The van der Waals surface area contributed by atoms with Gasteiger partial charge in [0.15, 0.2) is 0 Å². The second-order valence-electron chi connectivity index (χ2n) is 5.19. The lowest BCUT2D eigenvalue weighted by Crippen LogP contribution is -2.31. The van der Waals surface area contributed by atoms with Crippen LogP contribution in [0.5, 0.6) is 5.75 Å². The predicted molar refractivity (Wildman–Crippen MR) is 94.7 cm³/mol. The zero-order valence-electron chi connectivity index (χ0n) is 12.2. The summed E-state index contributed by atoms with van der Waals surface area (Å²) in [4.78, 5) is 0. The zero-order valence-corrected chi connectivity index (χ0v) is 15.3. The molecule has 122 valence electrons. The van der Waals surface area contributed by atoms with E-state index < -0.39 is 5.79 Å². The smallest absolute Gasteiger partial charge is 0.206 e. The van der Waals surface area contributed by atoms with Crippen molar-refractivity contribution in [1.82, 2.24) is 0 Å². The molecule has 1 aliphatic rings. The fourth-order valence-corrected chi connectivity index (χ4v) is 3.58. The number of alkyl halides is 1. The Morgan fingerprint density at radius 3 is 2.65 bits per heavy atom. The normalized spacial score (nSPS) is 23.9. The van der Waals surface area contributed by atoms with E-state index in [0.29, 0.717) is 28.6 Å². The standard InChI is InChI=1S/C17H15BrCl2O3/c18-11-17(15-7-6-12(19)8-16(15)20)22-10-14(23-17)9-21-13-4-2-1-3-5-13/h1-8,14H,9-11H2. The second kappa shape index (κ2) is 7.41. The Labute approximate surface area is 153 Å². The van der Waals surface area contributed by atoms with E-state index >= 15 is 0 Å². The summed E-state index contributed by atoms with van der Waals surface area (Å²) >= 11 is 15.7. The van der Waals surface area contributed by atoms with Crippen molar-refractivity contribution in [2.24, 2.45) is 0 Å². The molecular weight excluding hydrogens is 403 g/mol. The van der Waals surface area contributed by atoms with Crippen LogP contribution in [0, 0.1) is 0 Å².